The van der Waals surface area contributed by atoms with Crippen molar-refractivity contribution < 1.29 is 4.39 Å². The first-order valence-corrected chi connectivity index (χ1v) is 6.63. The number of anilines is 1. The monoisotopic (exact) mass is 289 g/mol. The average molecular weight is 290 g/mol. The molecule has 0 aliphatic heterocycles. The van der Waals surface area contributed by atoms with Crippen LogP contribution in [0.25, 0.3) is 11.0 Å². The number of hydrogen-bond donors (Lipinski definition) is 1. The van der Waals surface area contributed by atoms with E-state index in [1.54, 1.807) is 18.2 Å². The van der Waals surface area contributed by atoms with Crippen molar-refractivity contribution in [2.75, 3.05) is 5.73 Å². The molecule has 5 heteroatoms. The summed E-state index contributed by atoms with van der Waals surface area (Å²) in [6, 6.07) is 11.9. The first-order valence-electron chi connectivity index (χ1n) is 6.25. The number of halogens is 2. The fourth-order valence-electron chi connectivity index (χ4n) is 2.40. The standard InChI is InChI=1S/C15H13ClFN3/c1-9(10-5-7-11(17)8-6-10)20-13-4-2-3-12(16)14(13)19-15(20)18/h2-9H,1H3,(H2,18,19). The SMILES string of the molecule is CC(c1ccc(F)cc1)n1c(N)nc2c(Cl)cccc21. The van der Waals surface area contributed by atoms with E-state index in [0.717, 1.165) is 11.1 Å². The normalized spacial score (nSPS) is 12.8. The maximum absolute atomic E-state index is 13.0. The van der Waals surface area contributed by atoms with Crippen LogP contribution in [0.2, 0.25) is 5.02 Å². The van der Waals surface area contributed by atoms with Gasteiger partial charge in [-0.25, -0.2) is 9.37 Å². The molecule has 1 atom stereocenters. The van der Waals surface area contributed by atoms with Gasteiger partial charge in [0.25, 0.3) is 0 Å². The van der Waals surface area contributed by atoms with Crippen LogP contribution in [-0.2, 0) is 0 Å². The number of nitrogen functional groups attached to an aromatic ring is 1. The van der Waals surface area contributed by atoms with Gasteiger partial charge in [-0.15, -0.1) is 0 Å². The third-order valence-corrected chi connectivity index (χ3v) is 3.74. The van der Waals surface area contributed by atoms with Crippen molar-refractivity contribution in [2.24, 2.45) is 0 Å². The number of rotatable bonds is 2. The van der Waals surface area contributed by atoms with Crippen LogP contribution >= 0.6 is 11.6 Å². The van der Waals surface area contributed by atoms with E-state index in [9.17, 15) is 4.39 Å². The van der Waals surface area contributed by atoms with Crippen molar-refractivity contribution in [3.8, 4) is 0 Å². The van der Waals surface area contributed by atoms with Gasteiger partial charge in [0, 0.05) is 0 Å². The van der Waals surface area contributed by atoms with Gasteiger partial charge in [-0.1, -0.05) is 29.8 Å². The first kappa shape index (κ1) is 12.9. The van der Waals surface area contributed by atoms with E-state index in [1.807, 2.05) is 23.6 Å². The summed E-state index contributed by atoms with van der Waals surface area (Å²) >= 11 is 6.13. The van der Waals surface area contributed by atoms with Gasteiger partial charge in [-0.3, -0.25) is 0 Å². The van der Waals surface area contributed by atoms with Gasteiger partial charge in [0.05, 0.1) is 16.6 Å². The lowest BCUT2D eigenvalue weighted by Gasteiger charge is -2.16. The van der Waals surface area contributed by atoms with Gasteiger partial charge >= 0.3 is 0 Å². The Morgan fingerprint density at radius 3 is 2.60 bits per heavy atom. The molecule has 0 spiro atoms. The highest BCUT2D eigenvalue weighted by Crippen LogP contribution is 2.30. The van der Waals surface area contributed by atoms with Crippen molar-refractivity contribution in [3.63, 3.8) is 0 Å². The molecular formula is C15H13ClFN3. The fraction of sp³-hybridized carbons (Fsp3) is 0.133. The molecule has 1 unspecified atom stereocenters. The summed E-state index contributed by atoms with van der Waals surface area (Å²) in [6.07, 6.45) is 0. The minimum atomic E-state index is -0.257. The number of benzene rings is 2. The number of nitrogens with two attached hydrogens (primary N) is 1. The predicted molar refractivity (Wildman–Crippen MR) is 79.4 cm³/mol. The van der Waals surface area contributed by atoms with E-state index in [2.05, 4.69) is 4.98 Å². The summed E-state index contributed by atoms with van der Waals surface area (Å²) in [7, 11) is 0. The van der Waals surface area contributed by atoms with Crippen molar-refractivity contribution >= 4 is 28.6 Å². The molecule has 0 bridgehead atoms. The first-order chi connectivity index (χ1) is 9.58. The highest BCUT2D eigenvalue weighted by atomic mass is 35.5. The van der Waals surface area contributed by atoms with Crippen LogP contribution in [0.15, 0.2) is 42.5 Å². The van der Waals surface area contributed by atoms with Gasteiger partial charge in [0.1, 0.15) is 11.3 Å². The van der Waals surface area contributed by atoms with Gasteiger partial charge < -0.3 is 10.3 Å². The van der Waals surface area contributed by atoms with Crippen molar-refractivity contribution in [1.29, 1.82) is 0 Å². The van der Waals surface area contributed by atoms with Crippen molar-refractivity contribution in [1.82, 2.24) is 9.55 Å². The second-order valence-electron chi connectivity index (χ2n) is 4.68. The lowest BCUT2D eigenvalue weighted by molar-refractivity contribution is 0.621. The molecule has 0 amide bonds. The molecule has 3 nitrogen and oxygen atoms in total. The van der Waals surface area contributed by atoms with E-state index >= 15 is 0 Å². The third kappa shape index (κ3) is 2.02. The Labute approximate surface area is 120 Å². The zero-order valence-electron chi connectivity index (χ0n) is 10.8. The molecule has 0 saturated heterocycles. The molecule has 1 aromatic heterocycles. The number of para-hydroxylation sites is 1. The number of hydrogen-bond acceptors (Lipinski definition) is 2. The Balaban J connectivity index is 2.16. The molecule has 2 aromatic carbocycles. The molecule has 3 rings (SSSR count). The Kier molecular flexibility index (Phi) is 3.10. The Morgan fingerprint density at radius 2 is 1.90 bits per heavy atom. The zero-order chi connectivity index (χ0) is 14.3. The molecule has 2 N–H and O–H groups in total. The maximum atomic E-state index is 13.0. The zero-order valence-corrected chi connectivity index (χ0v) is 11.6. The van der Waals surface area contributed by atoms with Crippen LogP contribution in [0.3, 0.4) is 0 Å². The van der Waals surface area contributed by atoms with Gasteiger partial charge in [-0.2, -0.15) is 0 Å². The number of fused-ring (bicyclic) bond motifs is 1. The lowest BCUT2D eigenvalue weighted by Crippen LogP contribution is -2.10. The van der Waals surface area contributed by atoms with Crippen LogP contribution in [-0.4, -0.2) is 9.55 Å². The highest BCUT2D eigenvalue weighted by molar-refractivity contribution is 6.35. The third-order valence-electron chi connectivity index (χ3n) is 3.44. The molecular weight excluding hydrogens is 277 g/mol. The van der Waals surface area contributed by atoms with Crippen molar-refractivity contribution in [3.05, 3.63) is 58.9 Å². The highest BCUT2D eigenvalue weighted by Gasteiger charge is 2.16. The van der Waals surface area contributed by atoms with Crippen molar-refractivity contribution in [2.45, 2.75) is 13.0 Å². The average Bonchev–Trinajstić information content (AvgIpc) is 2.77. The van der Waals surface area contributed by atoms with Crippen LogP contribution in [0.4, 0.5) is 10.3 Å². The molecule has 0 aliphatic carbocycles. The second kappa shape index (κ2) is 4.80. The number of imidazole rings is 1. The summed E-state index contributed by atoms with van der Waals surface area (Å²) < 4.78 is 14.9. The predicted octanol–water partition coefficient (Wildman–Crippen LogP) is 4.02. The molecule has 0 fully saturated rings. The van der Waals surface area contributed by atoms with E-state index in [0.29, 0.717) is 16.5 Å². The summed E-state index contributed by atoms with van der Waals surface area (Å²) in [6.45, 7) is 1.99. The lowest BCUT2D eigenvalue weighted by atomic mass is 10.1. The quantitative estimate of drug-likeness (QED) is 0.774. The topological polar surface area (TPSA) is 43.8 Å². The maximum Gasteiger partial charge on any atom is 0.201 e. The Morgan fingerprint density at radius 1 is 1.20 bits per heavy atom. The Bertz CT molecular complexity index is 765. The Hall–Kier alpha value is -2.07. The second-order valence-corrected chi connectivity index (χ2v) is 5.08. The van der Waals surface area contributed by atoms with E-state index in [-0.39, 0.29) is 11.9 Å². The number of nitrogens with zero attached hydrogens (tertiary/aromatic N) is 2. The summed E-state index contributed by atoms with van der Waals surface area (Å²) in [4.78, 5) is 4.31. The molecule has 1 heterocycles. The number of aromatic nitrogens is 2. The van der Waals surface area contributed by atoms with Crippen LogP contribution in [0.1, 0.15) is 18.5 Å². The van der Waals surface area contributed by atoms with E-state index < -0.39 is 0 Å². The van der Waals surface area contributed by atoms with Gasteiger partial charge in [-0.05, 0) is 36.8 Å². The summed E-state index contributed by atoms with van der Waals surface area (Å²) in [5.74, 6) is 0.136. The van der Waals surface area contributed by atoms with Gasteiger partial charge in [0.2, 0.25) is 5.95 Å². The molecule has 0 aliphatic rings. The van der Waals surface area contributed by atoms with Crippen LogP contribution in [0, 0.1) is 5.82 Å². The smallest absolute Gasteiger partial charge is 0.201 e. The van der Waals surface area contributed by atoms with E-state index in [4.69, 9.17) is 17.3 Å². The summed E-state index contributed by atoms with van der Waals surface area (Å²) in [5.41, 5.74) is 8.51. The summed E-state index contributed by atoms with van der Waals surface area (Å²) in [5, 5.41) is 0.569. The van der Waals surface area contributed by atoms with Crippen LogP contribution in [0.5, 0.6) is 0 Å². The molecule has 20 heavy (non-hydrogen) atoms. The van der Waals surface area contributed by atoms with E-state index in [1.165, 1.54) is 12.1 Å². The molecule has 102 valence electrons. The molecule has 0 radical (unpaired) electrons. The fourth-order valence-corrected chi connectivity index (χ4v) is 2.61. The minimum absolute atomic E-state index is 0.0564. The minimum Gasteiger partial charge on any atom is -0.369 e. The largest absolute Gasteiger partial charge is 0.369 e. The van der Waals surface area contributed by atoms with Gasteiger partial charge in [0.15, 0.2) is 0 Å². The molecule has 3 aromatic rings. The molecule has 0 saturated carbocycles. The van der Waals surface area contributed by atoms with Crippen LogP contribution < -0.4 is 5.73 Å².